The molecule has 0 radical (unpaired) electrons. The number of amides is 2. The van der Waals surface area contributed by atoms with E-state index in [1.807, 2.05) is 0 Å². The SMILES string of the molecule is CNC(=O)c1cc(-c2cccnc2[C@H](Cc2cc(F)cc(F)c2)NC(=O)Cn2c(C)cc3cc(F)ccc32)ccc1F. The zero-order chi connectivity index (χ0) is 30.0. The minimum absolute atomic E-state index is 0.0233. The van der Waals surface area contributed by atoms with Crippen LogP contribution in [-0.4, -0.2) is 28.4 Å². The van der Waals surface area contributed by atoms with Gasteiger partial charge in [-0.2, -0.15) is 0 Å². The van der Waals surface area contributed by atoms with Gasteiger partial charge in [-0.15, -0.1) is 0 Å². The molecule has 2 aromatic heterocycles. The summed E-state index contributed by atoms with van der Waals surface area (Å²) in [5, 5.41) is 5.98. The van der Waals surface area contributed by atoms with Crippen molar-refractivity contribution in [2.75, 3.05) is 7.05 Å². The lowest BCUT2D eigenvalue weighted by atomic mass is 9.94. The fraction of sp³-hybridized carbons (Fsp3) is 0.156. The van der Waals surface area contributed by atoms with E-state index in [1.54, 1.807) is 35.8 Å². The number of benzene rings is 3. The summed E-state index contributed by atoms with van der Waals surface area (Å²) < 4.78 is 58.1. The minimum atomic E-state index is -0.872. The van der Waals surface area contributed by atoms with Gasteiger partial charge in [0.05, 0.1) is 17.3 Å². The minimum Gasteiger partial charge on any atom is -0.355 e. The number of hydrogen-bond donors (Lipinski definition) is 2. The first kappa shape index (κ1) is 28.5. The van der Waals surface area contributed by atoms with Crippen molar-refractivity contribution < 1.29 is 27.2 Å². The Hall–Kier alpha value is -4.99. The largest absolute Gasteiger partial charge is 0.355 e. The average molecular weight is 575 g/mol. The Labute approximate surface area is 239 Å². The lowest BCUT2D eigenvalue weighted by Gasteiger charge is -2.22. The quantitative estimate of drug-likeness (QED) is 0.222. The Morgan fingerprint density at radius 1 is 0.905 bits per heavy atom. The zero-order valence-electron chi connectivity index (χ0n) is 22.7. The molecule has 0 fully saturated rings. The molecule has 5 rings (SSSR count). The molecular weight excluding hydrogens is 548 g/mol. The fourth-order valence-electron chi connectivity index (χ4n) is 5.09. The number of pyridine rings is 1. The van der Waals surface area contributed by atoms with Gasteiger partial charge in [0.2, 0.25) is 5.91 Å². The Morgan fingerprint density at radius 2 is 1.67 bits per heavy atom. The molecule has 0 saturated carbocycles. The molecule has 2 heterocycles. The summed E-state index contributed by atoms with van der Waals surface area (Å²) in [4.78, 5) is 30.2. The molecule has 42 heavy (non-hydrogen) atoms. The molecule has 0 unspecified atom stereocenters. The number of hydrogen-bond acceptors (Lipinski definition) is 3. The van der Waals surface area contributed by atoms with Gasteiger partial charge in [-0.1, -0.05) is 12.1 Å². The predicted octanol–water partition coefficient (Wildman–Crippen LogP) is 6.03. The van der Waals surface area contributed by atoms with E-state index < -0.39 is 41.1 Å². The van der Waals surface area contributed by atoms with Gasteiger partial charge in [0.25, 0.3) is 5.91 Å². The normalized spacial score (nSPS) is 11.9. The number of carbonyl (C=O) groups is 2. The number of fused-ring (bicyclic) bond motifs is 1. The van der Waals surface area contributed by atoms with Crippen LogP contribution in [0.25, 0.3) is 22.0 Å². The van der Waals surface area contributed by atoms with Crippen LogP contribution in [0.1, 0.15) is 33.4 Å². The molecule has 0 bridgehead atoms. The molecule has 0 spiro atoms. The molecule has 214 valence electrons. The maximum atomic E-state index is 14.4. The molecule has 10 heteroatoms. The van der Waals surface area contributed by atoms with Crippen LogP contribution in [0.2, 0.25) is 0 Å². The summed E-state index contributed by atoms with van der Waals surface area (Å²) in [5.41, 5.74) is 2.79. The number of halogens is 4. The lowest BCUT2D eigenvalue weighted by Crippen LogP contribution is -2.33. The van der Waals surface area contributed by atoms with Crippen LogP contribution in [0.15, 0.2) is 79.0 Å². The Kier molecular flexibility index (Phi) is 8.06. The summed E-state index contributed by atoms with van der Waals surface area (Å²) in [7, 11) is 1.39. The number of aryl methyl sites for hydroxylation is 1. The number of rotatable bonds is 8. The van der Waals surface area contributed by atoms with Gasteiger partial charge in [0, 0.05) is 41.5 Å². The van der Waals surface area contributed by atoms with E-state index >= 15 is 0 Å². The topological polar surface area (TPSA) is 76.0 Å². The van der Waals surface area contributed by atoms with Gasteiger partial charge >= 0.3 is 0 Å². The summed E-state index contributed by atoms with van der Waals surface area (Å²) in [6, 6.07) is 15.7. The summed E-state index contributed by atoms with van der Waals surface area (Å²) >= 11 is 0. The van der Waals surface area contributed by atoms with Crippen molar-refractivity contribution in [3.8, 4) is 11.1 Å². The standard InChI is InChI=1S/C32H26F4N4O2/c1-18-10-21-14-22(33)6-8-29(21)40(18)17-30(41)39-28(13-19-11-23(34)16-24(35)12-19)31-25(4-3-9-38-31)20-5-7-27(36)26(15-20)32(42)37-2/h3-12,14-16,28H,13,17H2,1-2H3,(H,37,42)(H,39,41)/t28-/m0/s1. The van der Waals surface area contributed by atoms with E-state index in [0.29, 0.717) is 27.7 Å². The summed E-state index contributed by atoms with van der Waals surface area (Å²) in [6.07, 6.45) is 1.48. The molecule has 2 amide bonds. The van der Waals surface area contributed by atoms with E-state index in [-0.39, 0.29) is 24.1 Å². The van der Waals surface area contributed by atoms with Crippen LogP contribution in [0, 0.1) is 30.2 Å². The van der Waals surface area contributed by atoms with Crippen molar-refractivity contribution in [1.29, 1.82) is 0 Å². The van der Waals surface area contributed by atoms with Gasteiger partial charge in [0.1, 0.15) is 29.8 Å². The number of aromatic nitrogens is 2. The predicted molar refractivity (Wildman–Crippen MR) is 151 cm³/mol. The first-order valence-corrected chi connectivity index (χ1v) is 13.1. The molecular formula is C32H26F4N4O2. The first-order chi connectivity index (χ1) is 20.1. The van der Waals surface area contributed by atoms with E-state index in [1.165, 1.54) is 49.6 Å². The number of nitrogens with zero attached hydrogens (tertiary/aromatic N) is 2. The monoisotopic (exact) mass is 574 g/mol. The molecule has 0 aliphatic rings. The zero-order valence-corrected chi connectivity index (χ0v) is 22.7. The van der Waals surface area contributed by atoms with Crippen molar-refractivity contribution in [2.24, 2.45) is 0 Å². The Morgan fingerprint density at radius 3 is 2.40 bits per heavy atom. The van der Waals surface area contributed by atoms with Crippen LogP contribution >= 0.6 is 0 Å². The second kappa shape index (κ2) is 11.9. The third-order valence-corrected chi connectivity index (χ3v) is 6.99. The maximum Gasteiger partial charge on any atom is 0.254 e. The van der Waals surface area contributed by atoms with Gasteiger partial charge in [-0.25, -0.2) is 17.6 Å². The molecule has 2 N–H and O–H groups in total. The van der Waals surface area contributed by atoms with Crippen molar-refractivity contribution in [3.05, 3.63) is 125 Å². The lowest BCUT2D eigenvalue weighted by molar-refractivity contribution is -0.122. The molecule has 5 aromatic rings. The third kappa shape index (κ3) is 6.02. The molecule has 0 aliphatic carbocycles. The van der Waals surface area contributed by atoms with Crippen LogP contribution in [0.5, 0.6) is 0 Å². The highest BCUT2D eigenvalue weighted by molar-refractivity contribution is 5.95. The van der Waals surface area contributed by atoms with Crippen LogP contribution in [0.4, 0.5) is 17.6 Å². The highest BCUT2D eigenvalue weighted by Gasteiger charge is 2.23. The van der Waals surface area contributed by atoms with Crippen molar-refractivity contribution in [1.82, 2.24) is 20.2 Å². The molecule has 0 saturated heterocycles. The van der Waals surface area contributed by atoms with E-state index in [0.717, 1.165) is 17.8 Å². The van der Waals surface area contributed by atoms with Crippen LogP contribution in [0.3, 0.4) is 0 Å². The fourth-order valence-corrected chi connectivity index (χ4v) is 5.09. The van der Waals surface area contributed by atoms with Gasteiger partial charge in [0.15, 0.2) is 0 Å². The molecule has 3 aromatic carbocycles. The third-order valence-electron chi connectivity index (χ3n) is 6.99. The van der Waals surface area contributed by atoms with Crippen molar-refractivity contribution >= 4 is 22.7 Å². The summed E-state index contributed by atoms with van der Waals surface area (Å²) in [6.45, 7) is 1.68. The number of carbonyl (C=O) groups excluding carboxylic acids is 2. The van der Waals surface area contributed by atoms with Gasteiger partial charge in [-0.3, -0.25) is 14.6 Å². The Balaban J connectivity index is 1.54. The second-order valence-electron chi connectivity index (χ2n) is 9.89. The van der Waals surface area contributed by atoms with Crippen LogP contribution < -0.4 is 10.6 Å². The average Bonchev–Trinajstić information content (AvgIpc) is 3.25. The summed E-state index contributed by atoms with van der Waals surface area (Å²) in [5.74, 6) is -3.69. The van der Waals surface area contributed by atoms with E-state index in [2.05, 4.69) is 15.6 Å². The van der Waals surface area contributed by atoms with Crippen molar-refractivity contribution in [3.63, 3.8) is 0 Å². The van der Waals surface area contributed by atoms with Crippen molar-refractivity contribution in [2.45, 2.75) is 25.9 Å². The van der Waals surface area contributed by atoms with E-state index in [9.17, 15) is 27.2 Å². The highest BCUT2D eigenvalue weighted by atomic mass is 19.1. The van der Waals surface area contributed by atoms with Gasteiger partial charge < -0.3 is 15.2 Å². The highest BCUT2D eigenvalue weighted by Crippen LogP contribution is 2.31. The van der Waals surface area contributed by atoms with Crippen LogP contribution in [-0.2, 0) is 17.8 Å². The smallest absolute Gasteiger partial charge is 0.254 e. The second-order valence-corrected chi connectivity index (χ2v) is 9.89. The first-order valence-electron chi connectivity index (χ1n) is 13.1. The van der Waals surface area contributed by atoms with E-state index in [4.69, 9.17) is 0 Å². The van der Waals surface area contributed by atoms with Gasteiger partial charge in [-0.05, 0) is 79.1 Å². The molecule has 0 aliphatic heterocycles. The number of nitrogens with one attached hydrogen (secondary N) is 2. The maximum absolute atomic E-state index is 14.4. The molecule has 6 nitrogen and oxygen atoms in total. The Bertz CT molecular complexity index is 1800. The molecule has 1 atom stereocenters.